The van der Waals surface area contributed by atoms with E-state index in [2.05, 4.69) is 49.2 Å². The molecule has 2 aromatic rings. The molecule has 3 rings (SSSR count). The molecule has 1 N–H and O–H groups in total. The number of benzene rings is 1. The minimum atomic E-state index is -0.455. The van der Waals surface area contributed by atoms with E-state index in [0.717, 1.165) is 35.5 Å². The van der Waals surface area contributed by atoms with Gasteiger partial charge in [-0.2, -0.15) is 5.10 Å². The van der Waals surface area contributed by atoms with Crippen LogP contribution in [0.4, 0.5) is 4.79 Å². The van der Waals surface area contributed by atoms with Gasteiger partial charge in [0.2, 0.25) is 0 Å². The second-order valence-corrected chi connectivity index (χ2v) is 8.36. The number of nitrogens with one attached hydrogen (secondary N) is 1. The van der Waals surface area contributed by atoms with E-state index in [1.807, 2.05) is 27.0 Å². The van der Waals surface area contributed by atoms with Crippen molar-refractivity contribution in [3.8, 4) is 0 Å². The molecule has 0 radical (unpaired) electrons. The number of halogens is 1. The van der Waals surface area contributed by atoms with E-state index < -0.39 is 5.60 Å². The van der Waals surface area contributed by atoms with E-state index in [4.69, 9.17) is 4.74 Å². The van der Waals surface area contributed by atoms with E-state index in [0.29, 0.717) is 6.04 Å². The van der Waals surface area contributed by atoms with Crippen molar-refractivity contribution < 1.29 is 9.53 Å². The van der Waals surface area contributed by atoms with Crippen LogP contribution in [0, 0.1) is 0 Å². The molecule has 0 atom stereocenters. The lowest BCUT2D eigenvalue weighted by Gasteiger charge is -2.30. The van der Waals surface area contributed by atoms with Gasteiger partial charge in [0.25, 0.3) is 0 Å². The summed E-state index contributed by atoms with van der Waals surface area (Å²) >= 11 is 3.50. The zero-order valence-electron chi connectivity index (χ0n) is 14.4. The summed E-state index contributed by atoms with van der Waals surface area (Å²) < 4.78 is 8.54. The number of nitrogens with zero attached hydrogens (tertiary/aromatic N) is 2. The fraction of sp³-hybridized carbons (Fsp3) is 0.556. The van der Waals surface area contributed by atoms with Crippen molar-refractivity contribution in [3.05, 3.63) is 28.9 Å². The van der Waals surface area contributed by atoms with Crippen LogP contribution in [-0.4, -0.2) is 27.5 Å². The fourth-order valence-corrected chi connectivity index (χ4v) is 3.63. The van der Waals surface area contributed by atoms with Crippen molar-refractivity contribution in [2.45, 2.75) is 64.1 Å². The molecular formula is C18H24BrN3O2. The molecule has 24 heavy (non-hydrogen) atoms. The van der Waals surface area contributed by atoms with Crippen LogP contribution in [0.1, 0.15) is 52.5 Å². The maximum Gasteiger partial charge on any atom is 0.407 e. The molecule has 1 saturated carbocycles. The van der Waals surface area contributed by atoms with Crippen LogP contribution in [0.5, 0.6) is 0 Å². The number of ether oxygens (including phenoxy) is 1. The lowest BCUT2D eigenvalue weighted by atomic mass is 9.91. The van der Waals surface area contributed by atoms with Gasteiger partial charge in [-0.1, -0.05) is 15.9 Å². The lowest BCUT2D eigenvalue weighted by Crippen LogP contribution is -2.41. The molecule has 130 valence electrons. The predicted molar refractivity (Wildman–Crippen MR) is 98.1 cm³/mol. The molecule has 1 aliphatic carbocycles. The average molecular weight is 394 g/mol. The normalized spacial score (nSPS) is 21.7. The zero-order valence-corrected chi connectivity index (χ0v) is 16.0. The Morgan fingerprint density at radius 3 is 2.67 bits per heavy atom. The number of hydrogen-bond acceptors (Lipinski definition) is 3. The molecule has 0 bridgehead atoms. The molecule has 0 spiro atoms. The third kappa shape index (κ3) is 4.09. The third-order valence-electron chi connectivity index (χ3n) is 4.32. The number of alkyl carbamates (subject to hydrolysis) is 1. The molecule has 1 aliphatic rings. The first-order valence-electron chi connectivity index (χ1n) is 8.44. The number of amides is 1. The molecule has 6 heteroatoms. The second-order valence-electron chi connectivity index (χ2n) is 7.44. The van der Waals surface area contributed by atoms with Gasteiger partial charge in [0, 0.05) is 15.9 Å². The van der Waals surface area contributed by atoms with Gasteiger partial charge in [0.15, 0.2) is 0 Å². The van der Waals surface area contributed by atoms with Gasteiger partial charge < -0.3 is 10.1 Å². The number of aromatic nitrogens is 2. The van der Waals surface area contributed by atoms with Crippen LogP contribution in [0.3, 0.4) is 0 Å². The van der Waals surface area contributed by atoms with Gasteiger partial charge in [0.1, 0.15) is 5.60 Å². The summed E-state index contributed by atoms with van der Waals surface area (Å²) in [6.07, 6.45) is 5.51. The quantitative estimate of drug-likeness (QED) is 0.796. The van der Waals surface area contributed by atoms with Crippen LogP contribution in [0.2, 0.25) is 0 Å². The minimum absolute atomic E-state index is 0.187. The Morgan fingerprint density at radius 1 is 1.29 bits per heavy atom. The van der Waals surface area contributed by atoms with Gasteiger partial charge >= 0.3 is 6.09 Å². The Labute approximate surface area is 150 Å². The molecule has 0 unspecified atom stereocenters. The molecule has 0 saturated heterocycles. The second kappa shape index (κ2) is 6.75. The highest BCUT2D eigenvalue weighted by molar-refractivity contribution is 9.10. The molecule has 1 aromatic heterocycles. The standard InChI is InChI=1S/C18H24BrN3O2/c1-18(2,3)24-17(23)21-14-5-7-15(8-6-14)22-16-9-4-13(19)10-12(16)11-20-22/h4,9-11,14-15H,5-8H2,1-3H3,(H,21,23)/t14-,15+. The Bertz CT molecular complexity index is 727. The van der Waals surface area contributed by atoms with E-state index in [9.17, 15) is 4.79 Å². The van der Waals surface area contributed by atoms with E-state index in [1.54, 1.807) is 0 Å². The number of fused-ring (bicyclic) bond motifs is 1. The van der Waals surface area contributed by atoms with E-state index >= 15 is 0 Å². The smallest absolute Gasteiger partial charge is 0.407 e. The highest BCUT2D eigenvalue weighted by Gasteiger charge is 2.26. The minimum Gasteiger partial charge on any atom is -0.444 e. The van der Waals surface area contributed by atoms with Gasteiger partial charge in [-0.25, -0.2) is 4.79 Å². The summed E-state index contributed by atoms with van der Waals surface area (Å²) in [5.41, 5.74) is 0.713. The molecule has 1 heterocycles. The largest absolute Gasteiger partial charge is 0.444 e. The predicted octanol–water partition coefficient (Wildman–Crippen LogP) is 4.81. The van der Waals surface area contributed by atoms with Crippen LogP contribution in [-0.2, 0) is 4.74 Å². The maximum atomic E-state index is 11.9. The van der Waals surface area contributed by atoms with Crippen molar-refractivity contribution in [3.63, 3.8) is 0 Å². The first-order chi connectivity index (χ1) is 11.3. The molecule has 0 aliphatic heterocycles. The average Bonchev–Trinajstić information content (AvgIpc) is 2.89. The lowest BCUT2D eigenvalue weighted by molar-refractivity contribution is 0.0487. The summed E-state index contributed by atoms with van der Waals surface area (Å²) in [7, 11) is 0. The maximum absolute atomic E-state index is 11.9. The van der Waals surface area contributed by atoms with E-state index in [-0.39, 0.29) is 12.1 Å². The van der Waals surface area contributed by atoms with Crippen molar-refractivity contribution in [2.75, 3.05) is 0 Å². The van der Waals surface area contributed by atoms with Gasteiger partial charge in [0.05, 0.1) is 17.8 Å². The topological polar surface area (TPSA) is 56.1 Å². The van der Waals surface area contributed by atoms with Gasteiger partial charge in [-0.05, 0) is 64.7 Å². The Morgan fingerprint density at radius 2 is 2.00 bits per heavy atom. The Kier molecular flexibility index (Phi) is 4.85. The highest BCUT2D eigenvalue weighted by Crippen LogP contribution is 2.31. The first-order valence-corrected chi connectivity index (χ1v) is 9.23. The van der Waals surface area contributed by atoms with Crippen LogP contribution >= 0.6 is 15.9 Å². The Hall–Kier alpha value is -1.56. The summed E-state index contributed by atoms with van der Waals surface area (Å²) in [5.74, 6) is 0. The van der Waals surface area contributed by atoms with Crippen LogP contribution in [0.25, 0.3) is 10.9 Å². The summed E-state index contributed by atoms with van der Waals surface area (Å²) in [6.45, 7) is 5.64. The van der Waals surface area contributed by atoms with Crippen molar-refractivity contribution in [1.29, 1.82) is 0 Å². The third-order valence-corrected chi connectivity index (χ3v) is 4.81. The number of hydrogen-bond donors (Lipinski definition) is 1. The molecule has 1 aromatic carbocycles. The molecular weight excluding hydrogens is 370 g/mol. The number of carbonyl (C=O) groups excluding carboxylic acids is 1. The van der Waals surface area contributed by atoms with Crippen LogP contribution in [0.15, 0.2) is 28.9 Å². The van der Waals surface area contributed by atoms with Gasteiger partial charge in [-0.3, -0.25) is 4.68 Å². The molecule has 5 nitrogen and oxygen atoms in total. The van der Waals surface area contributed by atoms with Crippen molar-refractivity contribution in [1.82, 2.24) is 15.1 Å². The van der Waals surface area contributed by atoms with Crippen molar-refractivity contribution >= 4 is 32.9 Å². The number of carbonyl (C=O) groups is 1. The fourth-order valence-electron chi connectivity index (χ4n) is 3.25. The highest BCUT2D eigenvalue weighted by atomic mass is 79.9. The SMILES string of the molecule is CC(C)(C)OC(=O)N[C@H]1CC[C@@H](n2ncc3cc(Br)ccc32)CC1. The van der Waals surface area contributed by atoms with E-state index in [1.165, 1.54) is 5.52 Å². The summed E-state index contributed by atoms with van der Waals surface area (Å²) in [5, 5.41) is 8.72. The molecule has 1 fully saturated rings. The number of rotatable bonds is 2. The summed E-state index contributed by atoms with van der Waals surface area (Å²) in [6, 6.07) is 6.83. The van der Waals surface area contributed by atoms with Gasteiger partial charge in [-0.15, -0.1) is 0 Å². The Balaban J connectivity index is 1.59. The zero-order chi connectivity index (χ0) is 17.3. The summed E-state index contributed by atoms with van der Waals surface area (Å²) in [4.78, 5) is 11.9. The monoisotopic (exact) mass is 393 g/mol. The van der Waals surface area contributed by atoms with Crippen molar-refractivity contribution in [2.24, 2.45) is 0 Å². The molecule has 1 amide bonds. The van der Waals surface area contributed by atoms with Crippen LogP contribution < -0.4 is 5.32 Å². The first kappa shape index (κ1) is 17.3.